The van der Waals surface area contributed by atoms with Crippen LogP contribution >= 0.6 is 23.6 Å². The van der Waals surface area contributed by atoms with Gasteiger partial charge in [0.05, 0.1) is 4.88 Å². The minimum atomic E-state index is -0.621. The van der Waals surface area contributed by atoms with Crippen LogP contribution in [0.25, 0.3) is 0 Å². The van der Waals surface area contributed by atoms with Crippen molar-refractivity contribution in [3.63, 3.8) is 0 Å². The van der Waals surface area contributed by atoms with Gasteiger partial charge in [0.2, 0.25) is 5.78 Å². The molecule has 0 saturated carbocycles. The Bertz CT molecular complexity index is 908. The van der Waals surface area contributed by atoms with Crippen molar-refractivity contribution < 1.29 is 13.8 Å². The number of ketones is 1. The van der Waals surface area contributed by atoms with Crippen molar-refractivity contribution in [3.8, 4) is 0 Å². The van der Waals surface area contributed by atoms with E-state index < -0.39 is 6.04 Å². The van der Waals surface area contributed by atoms with Gasteiger partial charge >= 0.3 is 0 Å². The molecular formula is C20H18FN2OS2+. The van der Waals surface area contributed by atoms with Gasteiger partial charge < -0.3 is 5.32 Å². The summed E-state index contributed by atoms with van der Waals surface area (Å²) in [6.07, 6.45) is 3.75. The highest BCUT2D eigenvalue weighted by atomic mass is 32.1. The molecule has 0 fully saturated rings. The zero-order chi connectivity index (χ0) is 18.5. The van der Waals surface area contributed by atoms with Crippen LogP contribution in [0.2, 0.25) is 0 Å². The summed E-state index contributed by atoms with van der Waals surface area (Å²) in [6.45, 7) is 2.40. The molecule has 0 unspecified atom stereocenters. The standard InChI is InChI=1S/C20H17FN2OS2/c1-14-4-2-10-23(13-14)18(19(24)17-5-3-11-26-17)20(25)22-12-15-6-8-16(21)9-7-15/h2-11,13,18H,12H2,1H3/p+1/t18-/m0/s1. The molecule has 3 nitrogen and oxygen atoms in total. The Morgan fingerprint density at radius 2 is 2.00 bits per heavy atom. The number of halogens is 1. The van der Waals surface area contributed by atoms with Gasteiger partial charge in [-0.05, 0) is 42.1 Å². The first-order chi connectivity index (χ1) is 12.5. The number of aryl methyl sites for hydroxylation is 1. The zero-order valence-corrected chi connectivity index (χ0v) is 15.8. The maximum absolute atomic E-state index is 13.0. The molecule has 6 heteroatoms. The third-order valence-electron chi connectivity index (χ3n) is 3.91. The van der Waals surface area contributed by atoms with E-state index in [1.807, 2.05) is 47.5 Å². The van der Waals surface area contributed by atoms with Crippen molar-refractivity contribution in [3.05, 3.63) is 88.1 Å². The average Bonchev–Trinajstić information content (AvgIpc) is 3.16. The number of rotatable bonds is 6. The first kappa shape index (κ1) is 18.4. The largest absolute Gasteiger partial charge is 0.370 e. The molecule has 3 aromatic rings. The van der Waals surface area contributed by atoms with Crippen LogP contribution in [0, 0.1) is 12.7 Å². The topological polar surface area (TPSA) is 33.0 Å². The molecule has 0 saturated heterocycles. The van der Waals surface area contributed by atoms with Gasteiger partial charge in [0.15, 0.2) is 17.4 Å². The molecule has 0 radical (unpaired) electrons. The summed E-state index contributed by atoms with van der Waals surface area (Å²) in [5.74, 6) is -0.329. The normalized spacial score (nSPS) is 11.8. The molecule has 2 heterocycles. The molecular weight excluding hydrogens is 367 g/mol. The second-order valence-corrected chi connectivity index (χ2v) is 7.30. The predicted octanol–water partition coefficient (Wildman–Crippen LogP) is 4.02. The number of nitrogens with one attached hydrogen (secondary N) is 1. The summed E-state index contributed by atoms with van der Waals surface area (Å²) in [4.78, 5) is 14.1. The Balaban J connectivity index is 1.83. The lowest BCUT2D eigenvalue weighted by Crippen LogP contribution is -2.51. The fourth-order valence-corrected chi connectivity index (χ4v) is 3.60. The van der Waals surface area contributed by atoms with E-state index in [0.717, 1.165) is 11.1 Å². The fraction of sp³-hybridized carbons (Fsp3) is 0.150. The van der Waals surface area contributed by atoms with E-state index in [0.29, 0.717) is 16.4 Å². The zero-order valence-electron chi connectivity index (χ0n) is 14.2. The van der Waals surface area contributed by atoms with E-state index in [2.05, 4.69) is 5.32 Å². The summed E-state index contributed by atoms with van der Waals surface area (Å²) in [7, 11) is 0. The molecule has 0 aliphatic heterocycles. The SMILES string of the molecule is Cc1ccc[n+]([C@@H](C(=O)c2cccs2)C(=S)NCc2ccc(F)cc2)c1. The van der Waals surface area contributed by atoms with Crippen LogP contribution < -0.4 is 9.88 Å². The minimum Gasteiger partial charge on any atom is -0.370 e. The van der Waals surface area contributed by atoms with Gasteiger partial charge in [-0.25, -0.2) is 4.39 Å². The molecule has 2 aromatic heterocycles. The number of pyridine rings is 1. The molecule has 0 spiro atoms. The lowest BCUT2D eigenvalue weighted by atomic mass is 10.1. The van der Waals surface area contributed by atoms with Crippen LogP contribution in [-0.2, 0) is 6.54 Å². The number of benzene rings is 1. The van der Waals surface area contributed by atoms with Gasteiger partial charge in [-0.3, -0.25) is 4.79 Å². The Kier molecular flexibility index (Phi) is 5.85. The minimum absolute atomic E-state index is 0.0489. The van der Waals surface area contributed by atoms with Crippen LogP contribution in [0.1, 0.15) is 26.8 Å². The molecule has 3 rings (SSSR count). The maximum atomic E-state index is 13.0. The second-order valence-electron chi connectivity index (χ2n) is 5.92. The number of hydrogen-bond acceptors (Lipinski definition) is 3. The second kappa shape index (κ2) is 8.29. The third-order valence-corrected chi connectivity index (χ3v) is 5.16. The van der Waals surface area contributed by atoms with E-state index in [-0.39, 0.29) is 11.6 Å². The summed E-state index contributed by atoms with van der Waals surface area (Å²) in [5, 5.41) is 5.03. The summed E-state index contributed by atoms with van der Waals surface area (Å²) < 4.78 is 14.9. The molecule has 1 atom stereocenters. The molecule has 26 heavy (non-hydrogen) atoms. The molecule has 0 bridgehead atoms. The van der Waals surface area contributed by atoms with Gasteiger partial charge in [-0.1, -0.05) is 30.4 Å². The van der Waals surface area contributed by atoms with Crippen molar-refractivity contribution in [1.82, 2.24) is 5.32 Å². The van der Waals surface area contributed by atoms with Crippen molar-refractivity contribution in [2.75, 3.05) is 0 Å². The number of thiophene rings is 1. The van der Waals surface area contributed by atoms with E-state index in [1.165, 1.54) is 23.5 Å². The number of hydrogen-bond donors (Lipinski definition) is 1. The third kappa shape index (κ3) is 4.39. The Morgan fingerprint density at radius 1 is 1.23 bits per heavy atom. The highest BCUT2D eigenvalue weighted by Gasteiger charge is 2.33. The van der Waals surface area contributed by atoms with Crippen LogP contribution in [0.5, 0.6) is 0 Å². The van der Waals surface area contributed by atoms with E-state index >= 15 is 0 Å². The first-order valence-electron chi connectivity index (χ1n) is 8.12. The van der Waals surface area contributed by atoms with Gasteiger partial charge in [-0.2, -0.15) is 4.57 Å². The van der Waals surface area contributed by atoms with E-state index in [4.69, 9.17) is 12.2 Å². The summed E-state index contributed by atoms with van der Waals surface area (Å²) in [5.41, 5.74) is 1.93. The Morgan fingerprint density at radius 3 is 2.65 bits per heavy atom. The van der Waals surface area contributed by atoms with Gasteiger partial charge in [0.25, 0.3) is 6.04 Å². The molecule has 0 amide bonds. The van der Waals surface area contributed by atoms with Crippen LogP contribution in [0.3, 0.4) is 0 Å². The number of aromatic nitrogens is 1. The van der Waals surface area contributed by atoms with Gasteiger partial charge in [0, 0.05) is 18.2 Å². The number of thiocarbonyl (C=S) groups is 1. The van der Waals surface area contributed by atoms with Crippen LogP contribution in [-0.4, -0.2) is 10.8 Å². The van der Waals surface area contributed by atoms with Crippen molar-refractivity contribution >= 4 is 34.3 Å². The number of Topliss-reactive ketones (excluding diaryl/α,β-unsaturated/α-hetero) is 1. The van der Waals surface area contributed by atoms with Crippen molar-refractivity contribution in [2.24, 2.45) is 0 Å². The maximum Gasteiger partial charge on any atom is 0.271 e. The Hall–Kier alpha value is -2.44. The van der Waals surface area contributed by atoms with Crippen molar-refractivity contribution in [1.29, 1.82) is 0 Å². The van der Waals surface area contributed by atoms with Crippen LogP contribution in [0.4, 0.5) is 4.39 Å². The smallest absolute Gasteiger partial charge is 0.271 e. The number of nitrogens with zero attached hydrogens (tertiary/aromatic N) is 1. The summed E-state index contributed by atoms with van der Waals surface area (Å²) in [6, 6.07) is 13.1. The first-order valence-corrected chi connectivity index (χ1v) is 9.40. The van der Waals surface area contributed by atoms with Crippen LogP contribution in [0.15, 0.2) is 66.3 Å². The van der Waals surface area contributed by atoms with E-state index in [9.17, 15) is 9.18 Å². The number of carbonyl (C=O) groups excluding carboxylic acids is 1. The number of carbonyl (C=O) groups is 1. The average molecular weight is 386 g/mol. The molecule has 132 valence electrons. The highest BCUT2D eigenvalue weighted by Crippen LogP contribution is 2.16. The lowest BCUT2D eigenvalue weighted by molar-refractivity contribution is -0.692. The quantitative estimate of drug-likeness (QED) is 0.395. The lowest BCUT2D eigenvalue weighted by Gasteiger charge is -2.14. The van der Waals surface area contributed by atoms with Gasteiger partial charge in [-0.15, -0.1) is 11.3 Å². The molecule has 1 aromatic carbocycles. The Labute approximate surface area is 161 Å². The molecule has 0 aliphatic rings. The van der Waals surface area contributed by atoms with E-state index in [1.54, 1.807) is 18.2 Å². The molecule has 1 N–H and O–H groups in total. The molecule has 0 aliphatic carbocycles. The van der Waals surface area contributed by atoms with Crippen molar-refractivity contribution in [2.45, 2.75) is 19.5 Å². The predicted molar refractivity (Wildman–Crippen MR) is 105 cm³/mol. The van der Waals surface area contributed by atoms with Gasteiger partial charge in [0.1, 0.15) is 5.82 Å². The highest BCUT2D eigenvalue weighted by molar-refractivity contribution is 7.80. The summed E-state index contributed by atoms with van der Waals surface area (Å²) >= 11 is 6.95. The monoisotopic (exact) mass is 385 g/mol. The fourth-order valence-electron chi connectivity index (χ4n) is 2.61.